The second-order valence-corrected chi connectivity index (χ2v) is 2.96. The van der Waals surface area contributed by atoms with Gasteiger partial charge in [-0.05, 0) is 25.7 Å². The summed E-state index contributed by atoms with van der Waals surface area (Å²) in [6, 6.07) is 0. The topological polar surface area (TPSA) is 46.5 Å². The maximum atomic E-state index is 10.6. The zero-order valence-corrected chi connectivity index (χ0v) is 6.58. The maximum absolute atomic E-state index is 10.6. The van der Waals surface area contributed by atoms with E-state index in [0.717, 1.165) is 19.1 Å². The highest BCUT2D eigenvalue weighted by Crippen LogP contribution is 2.27. The highest BCUT2D eigenvalue weighted by atomic mass is 16.5. The van der Waals surface area contributed by atoms with Crippen molar-refractivity contribution in [2.45, 2.75) is 31.3 Å². The first kappa shape index (κ1) is 8.68. The summed E-state index contributed by atoms with van der Waals surface area (Å²) in [6.07, 6.45) is 3.97. The minimum atomic E-state index is -0.553. The molecule has 1 aliphatic heterocycles. The molecule has 1 unspecified atom stereocenters. The van der Waals surface area contributed by atoms with Gasteiger partial charge < -0.3 is 14.6 Å². The molecule has 0 saturated carbocycles. The van der Waals surface area contributed by atoms with Crippen molar-refractivity contribution in [1.82, 2.24) is 0 Å². The van der Waals surface area contributed by atoms with Crippen molar-refractivity contribution in [3.8, 4) is 0 Å². The molecule has 1 rings (SSSR count). The lowest BCUT2D eigenvalue weighted by Crippen LogP contribution is -2.29. The summed E-state index contributed by atoms with van der Waals surface area (Å²) in [6.45, 7) is 0.823. The molecule has 1 heterocycles. The predicted octanol–water partition coefficient (Wildman–Crippen LogP) is 0.507. The molecule has 1 aliphatic rings. The third-order valence-electron chi connectivity index (χ3n) is 2.11. The van der Waals surface area contributed by atoms with Crippen molar-refractivity contribution >= 4 is 6.29 Å². The summed E-state index contributed by atoms with van der Waals surface area (Å²) in [5, 5.41) is 8.57. The molecule has 1 N–H and O–H groups in total. The molecule has 1 atom stereocenters. The van der Waals surface area contributed by atoms with Crippen LogP contribution < -0.4 is 0 Å². The van der Waals surface area contributed by atoms with E-state index in [1.54, 1.807) is 0 Å². The van der Waals surface area contributed by atoms with Crippen LogP contribution in [-0.2, 0) is 9.53 Å². The zero-order valence-electron chi connectivity index (χ0n) is 6.58. The van der Waals surface area contributed by atoms with Gasteiger partial charge in [0.05, 0.1) is 0 Å². The van der Waals surface area contributed by atoms with Crippen LogP contribution in [0.1, 0.15) is 25.7 Å². The summed E-state index contributed by atoms with van der Waals surface area (Å²) in [5.74, 6) is 0. The van der Waals surface area contributed by atoms with E-state index in [-0.39, 0.29) is 6.61 Å². The van der Waals surface area contributed by atoms with Gasteiger partial charge in [0.1, 0.15) is 5.60 Å². The number of aldehydes is 1. The first-order chi connectivity index (χ1) is 5.33. The number of ether oxygens (including phenoxy) is 1. The summed E-state index contributed by atoms with van der Waals surface area (Å²) in [4.78, 5) is 10.6. The second kappa shape index (κ2) is 3.83. The van der Waals surface area contributed by atoms with Crippen LogP contribution >= 0.6 is 0 Å². The average Bonchev–Trinajstić information content (AvgIpc) is 2.50. The minimum absolute atomic E-state index is 0.138. The van der Waals surface area contributed by atoms with E-state index >= 15 is 0 Å². The fraction of sp³-hybridized carbons (Fsp3) is 0.875. The molecule has 1 saturated heterocycles. The van der Waals surface area contributed by atoms with Crippen LogP contribution in [0.25, 0.3) is 0 Å². The Hall–Kier alpha value is -0.410. The highest BCUT2D eigenvalue weighted by molar-refractivity contribution is 5.62. The highest BCUT2D eigenvalue weighted by Gasteiger charge is 2.33. The number of carbonyl (C=O) groups is 1. The van der Waals surface area contributed by atoms with E-state index < -0.39 is 5.60 Å². The molecule has 3 nitrogen and oxygen atoms in total. The van der Waals surface area contributed by atoms with Crippen LogP contribution in [0, 0.1) is 0 Å². The van der Waals surface area contributed by atoms with Gasteiger partial charge in [0, 0.05) is 13.2 Å². The van der Waals surface area contributed by atoms with Crippen LogP contribution in [0.2, 0.25) is 0 Å². The lowest BCUT2D eigenvalue weighted by Gasteiger charge is -2.20. The van der Waals surface area contributed by atoms with Crippen LogP contribution in [0.5, 0.6) is 0 Å². The number of carbonyl (C=O) groups excluding carboxylic acids is 1. The average molecular weight is 158 g/mol. The number of aliphatic hydroxyl groups is 1. The van der Waals surface area contributed by atoms with Crippen molar-refractivity contribution in [3.63, 3.8) is 0 Å². The van der Waals surface area contributed by atoms with Gasteiger partial charge in [0.15, 0.2) is 6.29 Å². The Bertz CT molecular complexity index is 127. The molecule has 0 radical (unpaired) electrons. The molecule has 0 spiro atoms. The third kappa shape index (κ3) is 2.01. The molecular formula is C8H14O3. The molecule has 0 aromatic rings. The van der Waals surface area contributed by atoms with E-state index in [1.807, 2.05) is 0 Å². The quantitative estimate of drug-likeness (QED) is 0.606. The zero-order chi connectivity index (χ0) is 8.16. The molecule has 0 aromatic carbocycles. The molecular weight excluding hydrogens is 144 g/mol. The molecule has 1 fully saturated rings. The monoisotopic (exact) mass is 158 g/mol. The van der Waals surface area contributed by atoms with Gasteiger partial charge in [-0.3, -0.25) is 0 Å². The standard InChI is InChI=1S/C8H14O3/c9-5-1-3-8(7-10)4-2-6-11-8/h7,9H,1-6H2. The largest absolute Gasteiger partial charge is 0.396 e. The maximum Gasteiger partial charge on any atom is 0.151 e. The summed E-state index contributed by atoms with van der Waals surface area (Å²) in [5.41, 5.74) is -0.553. The fourth-order valence-electron chi connectivity index (χ4n) is 1.45. The van der Waals surface area contributed by atoms with Crippen molar-refractivity contribution < 1.29 is 14.6 Å². The number of aliphatic hydroxyl groups excluding tert-OH is 1. The molecule has 0 amide bonds. The summed E-state index contributed by atoms with van der Waals surface area (Å²) < 4.78 is 5.31. The van der Waals surface area contributed by atoms with E-state index in [2.05, 4.69) is 0 Å². The SMILES string of the molecule is O=CC1(CCCO)CCCO1. The Kier molecular flexibility index (Phi) is 3.02. The van der Waals surface area contributed by atoms with E-state index in [9.17, 15) is 4.79 Å². The Morgan fingerprint density at radius 3 is 2.91 bits per heavy atom. The van der Waals surface area contributed by atoms with Crippen molar-refractivity contribution in [3.05, 3.63) is 0 Å². The Morgan fingerprint density at radius 1 is 1.64 bits per heavy atom. The molecule has 11 heavy (non-hydrogen) atoms. The van der Waals surface area contributed by atoms with Gasteiger partial charge in [-0.15, -0.1) is 0 Å². The Morgan fingerprint density at radius 2 is 2.45 bits per heavy atom. The van der Waals surface area contributed by atoms with Gasteiger partial charge in [0.2, 0.25) is 0 Å². The first-order valence-corrected chi connectivity index (χ1v) is 4.04. The van der Waals surface area contributed by atoms with Gasteiger partial charge in [0.25, 0.3) is 0 Å². The van der Waals surface area contributed by atoms with Crippen LogP contribution in [-0.4, -0.2) is 30.2 Å². The van der Waals surface area contributed by atoms with Crippen molar-refractivity contribution in [1.29, 1.82) is 0 Å². The first-order valence-electron chi connectivity index (χ1n) is 4.04. The van der Waals surface area contributed by atoms with Gasteiger partial charge in [-0.25, -0.2) is 0 Å². The third-order valence-corrected chi connectivity index (χ3v) is 2.11. The van der Waals surface area contributed by atoms with Crippen molar-refractivity contribution in [2.24, 2.45) is 0 Å². The number of rotatable bonds is 4. The molecule has 64 valence electrons. The van der Waals surface area contributed by atoms with Gasteiger partial charge in [-0.1, -0.05) is 0 Å². The molecule has 0 aliphatic carbocycles. The number of hydrogen-bond donors (Lipinski definition) is 1. The van der Waals surface area contributed by atoms with E-state index in [0.29, 0.717) is 19.4 Å². The lowest BCUT2D eigenvalue weighted by atomic mass is 9.96. The normalized spacial score (nSPS) is 30.6. The summed E-state index contributed by atoms with van der Waals surface area (Å²) >= 11 is 0. The van der Waals surface area contributed by atoms with Crippen LogP contribution in [0.15, 0.2) is 0 Å². The van der Waals surface area contributed by atoms with Crippen molar-refractivity contribution in [2.75, 3.05) is 13.2 Å². The van der Waals surface area contributed by atoms with E-state index in [4.69, 9.17) is 9.84 Å². The van der Waals surface area contributed by atoms with Gasteiger partial charge in [-0.2, -0.15) is 0 Å². The minimum Gasteiger partial charge on any atom is -0.396 e. The van der Waals surface area contributed by atoms with E-state index in [1.165, 1.54) is 0 Å². The molecule has 0 aromatic heterocycles. The molecule has 0 bridgehead atoms. The molecule has 3 heteroatoms. The smallest absolute Gasteiger partial charge is 0.151 e. The fourth-order valence-corrected chi connectivity index (χ4v) is 1.45. The Labute approximate surface area is 66.4 Å². The Balaban J connectivity index is 2.39. The summed E-state index contributed by atoms with van der Waals surface area (Å²) in [7, 11) is 0. The predicted molar refractivity (Wildman–Crippen MR) is 40.3 cm³/mol. The lowest BCUT2D eigenvalue weighted by molar-refractivity contribution is -0.126. The van der Waals surface area contributed by atoms with Crippen LogP contribution in [0.3, 0.4) is 0 Å². The number of hydrogen-bond acceptors (Lipinski definition) is 3. The van der Waals surface area contributed by atoms with Gasteiger partial charge >= 0.3 is 0 Å². The second-order valence-electron chi connectivity index (χ2n) is 2.96. The van der Waals surface area contributed by atoms with Crippen LogP contribution in [0.4, 0.5) is 0 Å².